The molecule has 25 heavy (non-hydrogen) atoms. The maximum Gasteiger partial charge on any atom is 0.0167 e. The molecule has 2 radical (unpaired) electrons. The average Bonchev–Trinajstić information content (AvgIpc) is 3.21. The van der Waals surface area contributed by atoms with Crippen molar-refractivity contribution in [3.05, 3.63) is 92.8 Å². The number of aryl methyl sites for hydroxylation is 4. The summed E-state index contributed by atoms with van der Waals surface area (Å²) < 4.78 is 0. The molecule has 126 valence electrons. The predicted molar refractivity (Wildman–Crippen MR) is 108 cm³/mol. The van der Waals surface area contributed by atoms with Gasteiger partial charge < -0.3 is 0 Å². The zero-order chi connectivity index (χ0) is 17.6. The molecule has 0 aromatic heterocycles. The molecule has 0 heterocycles. The zero-order valence-corrected chi connectivity index (χ0v) is 15.7. The Balaban J connectivity index is 1.39. The maximum atomic E-state index is 2.40. The summed E-state index contributed by atoms with van der Waals surface area (Å²) in [5, 5.41) is 0. The lowest BCUT2D eigenvalue weighted by atomic mass is 9.98. The summed E-state index contributed by atoms with van der Waals surface area (Å²) in [6.45, 7) is 8.86. The Hall–Kier alpha value is -2.08. The van der Waals surface area contributed by atoms with Crippen molar-refractivity contribution in [2.45, 2.75) is 47.0 Å². The van der Waals surface area contributed by atoms with Crippen LogP contribution in [0.5, 0.6) is 0 Å². The molecule has 4 rings (SSSR count). The van der Waals surface area contributed by atoms with E-state index in [2.05, 4.69) is 77.0 Å². The van der Waals surface area contributed by atoms with Gasteiger partial charge in [0.15, 0.2) is 0 Å². The molecule has 0 aliphatic heterocycles. The smallest absolute Gasteiger partial charge is 0.0167 e. The zero-order valence-electron chi connectivity index (χ0n) is 15.7. The van der Waals surface area contributed by atoms with Gasteiger partial charge in [0.2, 0.25) is 0 Å². The molecule has 0 unspecified atom stereocenters. The van der Waals surface area contributed by atoms with Crippen LogP contribution in [0.1, 0.15) is 63.8 Å². The fourth-order valence-electron chi connectivity index (χ4n) is 4.09. The van der Waals surface area contributed by atoms with E-state index in [1.54, 1.807) is 0 Å². The molecular weight excluding hydrogens is 300 g/mol. The molecule has 0 amide bonds. The van der Waals surface area contributed by atoms with Crippen LogP contribution in [0, 0.1) is 40.5 Å². The molecule has 0 spiro atoms. The molecule has 0 heteroatoms. The minimum Gasteiger partial charge on any atom is -0.0611 e. The van der Waals surface area contributed by atoms with Gasteiger partial charge in [-0.2, -0.15) is 0 Å². The van der Waals surface area contributed by atoms with Crippen LogP contribution < -0.4 is 0 Å². The third-order valence-corrected chi connectivity index (χ3v) is 5.70. The van der Waals surface area contributed by atoms with E-state index in [-0.39, 0.29) is 0 Å². The van der Waals surface area contributed by atoms with Gasteiger partial charge in [-0.15, -0.1) is 0 Å². The van der Waals surface area contributed by atoms with Crippen LogP contribution in [0.2, 0.25) is 0 Å². The quantitative estimate of drug-likeness (QED) is 0.587. The Labute approximate surface area is 152 Å². The lowest BCUT2D eigenvalue weighted by molar-refractivity contribution is 0.824. The number of fused-ring (bicyclic) bond motifs is 2. The molecular formula is C25H26. The molecule has 2 aromatic carbocycles. The molecule has 0 atom stereocenters. The van der Waals surface area contributed by atoms with E-state index in [1.165, 1.54) is 62.1 Å². The summed E-state index contributed by atoms with van der Waals surface area (Å²) in [4.78, 5) is 0. The van der Waals surface area contributed by atoms with E-state index in [4.69, 9.17) is 0 Å². The minimum atomic E-state index is 1.16. The summed E-state index contributed by atoms with van der Waals surface area (Å²) in [6, 6.07) is 8.95. The van der Waals surface area contributed by atoms with Crippen LogP contribution in [-0.4, -0.2) is 0 Å². The van der Waals surface area contributed by atoms with Crippen molar-refractivity contribution < 1.29 is 0 Å². The SMILES string of the molecule is Cc1ccc(C)c2c1[CH]C(CCCC1=Cc3c(C)ccc(C)c3[CH]1)=C2. The number of allylic oxidation sites excluding steroid dienone is 2. The number of hydrogen-bond acceptors (Lipinski definition) is 0. The summed E-state index contributed by atoms with van der Waals surface area (Å²) in [7, 11) is 0. The fourth-order valence-corrected chi connectivity index (χ4v) is 4.09. The standard InChI is InChI=1S/C25H26/c1-16-8-9-17(2)23-13-20(12-22(16)23)6-5-7-21-14-24-18(3)10-11-19(4)25(24)15-21/h8-15H,5-7H2,1-4H3. The Morgan fingerprint density at radius 2 is 0.880 bits per heavy atom. The first-order chi connectivity index (χ1) is 12.0. The van der Waals surface area contributed by atoms with Gasteiger partial charge in [0.25, 0.3) is 0 Å². The van der Waals surface area contributed by atoms with Gasteiger partial charge in [0.1, 0.15) is 0 Å². The van der Waals surface area contributed by atoms with E-state index in [9.17, 15) is 0 Å². The second kappa shape index (κ2) is 6.33. The molecule has 0 saturated carbocycles. The van der Waals surface area contributed by atoms with Crippen molar-refractivity contribution >= 4 is 12.2 Å². The van der Waals surface area contributed by atoms with Crippen LogP contribution >= 0.6 is 0 Å². The van der Waals surface area contributed by atoms with Gasteiger partial charge in [-0.05, 0) is 91.5 Å². The highest BCUT2D eigenvalue weighted by Gasteiger charge is 2.19. The van der Waals surface area contributed by atoms with Gasteiger partial charge in [0.05, 0.1) is 0 Å². The maximum absolute atomic E-state index is 2.40. The molecule has 0 N–H and O–H groups in total. The van der Waals surface area contributed by atoms with Crippen molar-refractivity contribution in [3.63, 3.8) is 0 Å². The number of benzene rings is 2. The van der Waals surface area contributed by atoms with E-state index in [1.807, 2.05) is 0 Å². The highest BCUT2D eigenvalue weighted by atomic mass is 14.2. The van der Waals surface area contributed by atoms with Crippen molar-refractivity contribution in [1.29, 1.82) is 0 Å². The second-order valence-corrected chi connectivity index (χ2v) is 7.63. The molecule has 2 aliphatic carbocycles. The van der Waals surface area contributed by atoms with E-state index < -0.39 is 0 Å². The first-order valence-corrected chi connectivity index (χ1v) is 9.34. The molecule has 2 aliphatic rings. The number of hydrogen-bond donors (Lipinski definition) is 0. The number of rotatable bonds is 4. The third kappa shape index (κ3) is 2.99. The van der Waals surface area contributed by atoms with E-state index in [0.29, 0.717) is 0 Å². The highest BCUT2D eigenvalue weighted by molar-refractivity contribution is 5.74. The Bertz CT molecular complexity index is 831. The summed E-state index contributed by atoms with van der Waals surface area (Å²) in [5.74, 6) is 0. The second-order valence-electron chi connectivity index (χ2n) is 7.63. The van der Waals surface area contributed by atoms with Gasteiger partial charge >= 0.3 is 0 Å². The molecule has 2 aromatic rings. The Morgan fingerprint density at radius 3 is 1.24 bits per heavy atom. The van der Waals surface area contributed by atoms with Gasteiger partial charge in [0, 0.05) is 12.8 Å². The third-order valence-electron chi connectivity index (χ3n) is 5.70. The summed E-state index contributed by atoms with van der Waals surface area (Å²) in [6.07, 6.45) is 13.1. The lowest BCUT2D eigenvalue weighted by Gasteiger charge is -2.07. The first kappa shape index (κ1) is 16.4. The lowest BCUT2D eigenvalue weighted by Crippen LogP contribution is -1.91. The van der Waals surface area contributed by atoms with Crippen LogP contribution in [0.4, 0.5) is 0 Å². The fraction of sp³-hybridized carbons (Fsp3) is 0.280. The normalized spacial score (nSPS) is 15.0. The van der Waals surface area contributed by atoms with Crippen molar-refractivity contribution in [1.82, 2.24) is 0 Å². The monoisotopic (exact) mass is 326 g/mol. The van der Waals surface area contributed by atoms with Crippen molar-refractivity contribution in [3.8, 4) is 0 Å². The minimum absolute atomic E-state index is 1.16. The van der Waals surface area contributed by atoms with Crippen LogP contribution in [-0.2, 0) is 0 Å². The van der Waals surface area contributed by atoms with Crippen molar-refractivity contribution in [2.75, 3.05) is 0 Å². The molecule has 0 bridgehead atoms. The average molecular weight is 326 g/mol. The molecule has 0 fully saturated rings. The summed E-state index contributed by atoms with van der Waals surface area (Å²) in [5.41, 5.74) is 14.2. The predicted octanol–water partition coefficient (Wildman–Crippen LogP) is 6.69. The molecule has 0 saturated heterocycles. The largest absolute Gasteiger partial charge is 0.0611 e. The Kier molecular flexibility index (Phi) is 4.15. The van der Waals surface area contributed by atoms with Crippen LogP contribution in [0.15, 0.2) is 35.4 Å². The Morgan fingerprint density at radius 1 is 0.520 bits per heavy atom. The van der Waals surface area contributed by atoms with E-state index in [0.717, 1.165) is 12.8 Å². The molecule has 0 nitrogen and oxygen atoms in total. The van der Waals surface area contributed by atoms with Crippen LogP contribution in [0.3, 0.4) is 0 Å². The van der Waals surface area contributed by atoms with Crippen LogP contribution in [0.25, 0.3) is 12.2 Å². The van der Waals surface area contributed by atoms with Crippen molar-refractivity contribution in [2.24, 2.45) is 0 Å². The highest BCUT2D eigenvalue weighted by Crippen LogP contribution is 2.36. The van der Waals surface area contributed by atoms with Gasteiger partial charge in [-0.1, -0.05) is 47.6 Å². The van der Waals surface area contributed by atoms with Gasteiger partial charge in [-0.25, -0.2) is 0 Å². The topological polar surface area (TPSA) is 0 Å². The summed E-state index contributed by atoms with van der Waals surface area (Å²) >= 11 is 0. The first-order valence-electron chi connectivity index (χ1n) is 9.34. The van der Waals surface area contributed by atoms with E-state index >= 15 is 0 Å². The van der Waals surface area contributed by atoms with Gasteiger partial charge in [-0.3, -0.25) is 0 Å².